The van der Waals surface area contributed by atoms with E-state index in [4.69, 9.17) is 14.3 Å². The number of aliphatic hydroxyl groups is 1. The van der Waals surface area contributed by atoms with Crippen LogP contribution in [0.1, 0.15) is 22.6 Å². The van der Waals surface area contributed by atoms with Crippen LogP contribution >= 0.6 is 11.3 Å². The molecule has 2 rings (SSSR count). The van der Waals surface area contributed by atoms with Crippen LogP contribution in [-0.4, -0.2) is 11.7 Å². The molecule has 0 aliphatic heterocycles. The van der Waals surface area contributed by atoms with Crippen LogP contribution in [0.15, 0.2) is 34.3 Å². The summed E-state index contributed by atoms with van der Waals surface area (Å²) in [5.74, 6) is 6.77. The van der Waals surface area contributed by atoms with Gasteiger partial charge < -0.3 is 14.3 Å². The topological polar surface area (TPSA) is 42.6 Å². The van der Waals surface area contributed by atoms with E-state index in [9.17, 15) is 0 Å². The van der Waals surface area contributed by atoms with Crippen molar-refractivity contribution in [3.05, 3.63) is 46.0 Å². The lowest BCUT2D eigenvalue weighted by Gasteiger charge is -2.00. The second-order valence-corrected chi connectivity index (χ2v) is 4.61. The Morgan fingerprint density at radius 1 is 1.33 bits per heavy atom. The molecule has 0 amide bonds. The summed E-state index contributed by atoms with van der Waals surface area (Å²) in [7, 11) is 0. The van der Waals surface area contributed by atoms with E-state index in [0.29, 0.717) is 19.6 Å². The molecule has 0 unspecified atom stereocenters. The first-order valence-electron chi connectivity index (χ1n) is 5.66. The fourth-order valence-electron chi connectivity index (χ4n) is 1.42. The van der Waals surface area contributed by atoms with Crippen LogP contribution in [0, 0.1) is 11.8 Å². The smallest absolute Gasteiger partial charge is 0.129 e. The van der Waals surface area contributed by atoms with E-state index < -0.39 is 0 Å². The molecule has 94 valence electrons. The lowest BCUT2D eigenvalue weighted by molar-refractivity contribution is 0.0947. The minimum atomic E-state index is 0.0987. The summed E-state index contributed by atoms with van der Waals surface area (Å²) in [5.41, 5.74) is 0.980. The summed E-state index contributed by atoms with van der Waals surface area (Å²) in [6.07, 6.45) is 2.14. The zero-order valence-electron chi connectivity index (χ0n) is 9.89. The second-order valence-electron chi connectivity index (χ2n) is 3.60. The fourth-order valence-corrected chi connectivity index (χ4v) is 2.18. The van der Waals surface area contributed by atoms with Gasteiger partial charge in [-0.05, 0) is 23.6 Å². The van der Waals surface area contributed by atoms with Gasteiger partial charge in [-0.15, -0.1) is 11.3 Å². The van der Waals surface area contributed by atoms with E-state index in [1.54, 1.807) is 17.6 Å². The van der Waals surface area contributed by atoms with E-state index in [1.807, 2.05) is 23.6 Å². The second kappa shape index (κ2) is 7.02. The summed E-state index contributed by atoms with van der Waals surface area (Å²) >= 11 is 1.62. The van der Waals surface area contributed by atoms with E-state index >= 15 is 0 Å². The molecule has 4 heteroatoms. The van der Waals surface area contributed by atoms with Crippen LogP contribution in [0.2, 0.25) is 0 Å². The van der Waals surface area contributed by atoms with Gasteiger partial charge in [-0.25, -0.2) is 0 Å². The number of hydrogen-bond acceptors (Lipinski definition) is 4. The summed E-state index contributed by atoms with van der Waals surface area (Å²) in [6.45, 7) is 1.09. The first kappa shape index (κ1) is 12.9. The van der Waals surface area contributed by atoms with Crippen molar-refractivity contribution in [1.82, 2.24) is 0 Å². The Bertz CT molecular complexity index is 517. The summed E-state index contributed by atoms with van der Waals surface area (Å²) < 4.78 is 10.8. The molecule has 18 heavy (non-hydrogen) atoms. The molecule has 2 heterocycles. The van der Waals surface area contributed by atoms with Gasteiger partial charge in [-0.3, -0.25) is 0 Å². The van der Waals surface area contributed by atoms with Crippen molar-refractivity contribution in [2.45, 2.75) is 19.6 Å². The summed E-state index contributed by atoms with van der Waals surface area (Å²) in [6, 6.07) is 5.70. The Hall–Kier alpha value is -1.54. The minimum Gasteiger partial charge on any atom is -0.467 e. The lowest BCUT2D eigenvalue weighted by atomic mass is 10.2. The van der Waals surface area contributed by atoms with Crippen molar-refractivity contribution in [3.63, 3.8) is 0 Å². The van der Waals surface area contributed by atoms with Gasteiger partial charge in [0.25, 0.3) is 0 Å². The molecule has 0 aromatic carbocycles. The highest BCUT2D eigenvalue weighted by Gasteiger charge is 2.03. The molecule has 0 saturated heterocycles. The highest BCUT2D eigenvalue weighted by Crippen LogP contribution is 2.17. The zero-order valence-corrected chi connectivity index (χ0v) is 10.7. The van der Waals surface area contributed by atoms with Crippen LogP contribution in [0.3, 0.4) is 0 Å². The number of thiophene rings is 1. The monoisotopic (exact) mass is 262 g/mol. The molecule has 0 aliphatic carbocycles. The summed E-state index contributed by atoms with van der Waals surface area (Å²) in [5, 5.41) is 10.7. The first-order chi connectivity index (χ1) is 8.90. The van der Waals surface area contributed by atoms with E-state index in [1.165, 1.54) is 0 Å². The number of aliphatic hydroxyl groups excluding tert-OH is 1. The van der Waals surface area contributed by atoms with Crippen molar-refractivity contribution in [2.75, 3.05) is 6.61 Å². The predicted octanol–water partition coefficient (Wildman–Crippen LogP) is 2.79. The maximum absolute atomic E-state index is 8.68. The zero-order chi connectivity index (χ0) is 12.6. The average Bonchev–Trinajstić information content (AvgIpc) is 3.02. The molecule has 2 aromatic heterocycles. The molecule has 0 radical (unpaired) electrons. The Kier molecular flexibility index (Phi) is 5.03. The number of furan rings is 1. The van der Waals surface area contributed by atoms with Gasteiger partial charge >= 0.3 is 0 Å². The lowest BCUT2D eigenvalue weighted by Crippen LogP contribution is -1.92. The van der Waals surface area contributed by atoms with Gasteiger partial charge in [-0.2, -0.15) is 0 Å². The Morgan fingerprint density at radius 2 is 2.28 bits per heavy atom. The van der Waals surface area contributed by atoms with E-state index in [0.717, 1.165) is 16.2 Å². The van der Waals surface area contributed by atoms with Crippen molar-refractivity contribution in [1.29, 1.82) is 0 Å². The molecule has 0 bridgehead atoms. The van der Waals surface area contributed by atoms with Gasteiger partial charge in [0.2, 0.25) is 0 Å². The SMILES string of the molecule is OCCC#Cc1ccsc1COCc1ccco1. The Labute approximate surface area is 110 Å². The standard InChI is InChI=1S/C14H14O3S/c15-7-2-1-4-12-6-9-18-14(12)11-16-10-13-5-3-8-17-13/h3,5-6,8-9,15H,2,7,10-11H2. The number of hydrogen-bond donors (Lipinski definition) is 1. The third-order valence-electron chi connectivity index (χ3n) is 2.26. The Morgan fingerprint density at radius 3 is 3.06 bits per heavy atom. The van der Waals surface area contributed by atoms with E-state index in [-0.39, 0.29) is 6.61 Å². The third kappa shape index (κ3) is 3.74. The molecule has 0 saturated carbocycles. The summed E-state index contributed by atoms with van der Waals surface area (Å²) in [4.78, 5) is 1.10. The van der Waals surface area contributed by atoms with Crippen LogP contribution < -0.4 is 0 Å². The highest BCUT2D eigenvalue weighted by molar-refractivity contribution is 7.10. The fraction of sp³-hybridized carbons (Fsp3) is 0.286. The molecular weight excluding hydrogens is 248 g/mol. The van der Waals surface area contributed by atoms with Gasteiger partial charge in [0, 0.05) is 16.9 Å². The number of ether oxygens (including phenoxy) is 1. The van der Waals surface area contributed by atoms with Crippen molar-refractivity contribution < 1.29 is 14.3 Å². The molecule has 3 nitrogen and oxygen atoms in total. The van der Waals surface area contributed by atoms with Gasteiger partial charge in [0.05, 0.1) is 19.5 Å². The number of rotatable bonds is 5. The quantitative estimate of drug-likeness (QED) is 0.843. The van der Waals surface area contributed by atoms with Crippen molar-refractivity contribution in [3.8, 4) is 11.8 Å². The molecular formula is C14H14O3S. The maximum Gasteiger partial charge on any atom is 0.129 e. The molecule has 0 fully saturated rings. The van der Waals surface area contributed by atoms with E-state index in [2.05, 4.69) is 11.8 Å². The highest BCUT2D eigenvalue weighted by atomic mass is 32.1. The van der Waals surface area contributed by atoms with Gasteiger partial charge in [-0.1, -0.05) is 11.8 Å². The van der Waals surface area contributed by atoms with Gasteiger partial charge in [0.1, 0.15) is 12.4 Å². The molecule has 2 aromatic rings. The average molecular weight is 262 g/mol. The van der Waals surface area contributed by atoms with Crippen molar-refractivity contribution >= 4 is 11.3 Å². The predicted molar refractivity (Wildman–Crippen MR) is 70.1 cm³/mol. The Balaban J connectivity index is 1.86. The molecule has 0 atom stereocenters. The van der Waals surface area contributed by atoms with Crippen molar-refractivity contribution in [2.24, 2.45) is 0 Å². The van der Waals surface area contributed by atoms with Crippen LogP contribution in [0.25, 0.3) is 0 Å². The van der Waals surface area contributed by atoms with Crippen LogP contribution in [0.5, 0.6) is 0 Å². The van der Waals surface area contributed by atoms with Gasteiger partial charge in [0.15, 0.2) is 0 Å². The molecule has 0 spiro atoms. The molecule has 0 aliphatic rings. The third-order valence-corrected chi connectivity index (χ3v) is 3.16. The molecule has 1 N–H and O–H groups in total. The normalized spacial score (nSPS) is 10.1. The van der Waals surface area contributed by atoms with Crippen LogP contribution in [-0.2, 0) is 18.0 Å². The minimum absolute atomic E-state index is 0.0987. The maximum atomic E-state index is 8.68. The largest absolute Gasteiger partial charge is 0.467 e. The van der Waals surface area contributed by atoms with Crippen LogP contribution in [0.4, 0.5) is 0 Å². The first-order valence-corrected chi connectivity index (χ1v) is 6.54.